The van der Waals surface area contributed by atoms with Crippen molar-refractivity contribution in [3.63, 3.8) is 0 Å². The van der Waals surface area contributed by atoms with Crippen LogP contribution in [-0.4, -0.2) is 28.9 Å². The van der Waals surface area contributed by atoms with Crippen molar-refractivity contribution in [3.8, 4) is 0 Å². The molecule has 2 rings (SSSR count). The van der Waals surface area contributed by atoms with Gasteiger partial charge in [0.1, 0.15) is 5.69 Å². The van der Waals surface area contributed by atoms with Crippen LogP contribution < -0.4 is 5.73 Å². The van der Waals surface area contributed by atoms with E-state index in [1.807, 2.05) is 28.5 Å². The second-order valence-corrected chi connectivity index (χ2v) is 6.79. The Kier molecular flexibility index (Phi) is 7.40. The molecule has 1 unspecified atom stereocenters. The van der Waals surface area contributed by atoms with E-state index in [0.29, 0.717) is 12.2 Å². The number of rotatable bonds is 9. The predicted octanol–water partition coefficient (Wildman–Crippen LogP) is 4.04. The number of hydrogen-bond donors (Lipinski definition) is 1. The maximum Gasteiger partial charge on any atom is 0.273 e. The lowest BCUT2D eigenvalue weighted by Gasteiger charge is -2.31. The van der Waals surface area contributed by atoms with Crippen molar-refractivity contribution in [1.29, 1.82) is 0 Å². The highest BCUT2D eigenvalue weighted by Gasteiger charge is 2.26. The fourth-order valence-electron chi connectivity index (χ4n) is 2.83. The van der Waals surface area contributed by atoms with Gasteiger partial charge in [-0.25, -0.2) is 4.98 Å². The Morgan fingerprint density at radius 3 is 2.67 bits per heavy atom. The van der Waals surface area contributed by atoms with Crippen molar-refractivity contribution in [2.45, 2.75) is 45.6 Å². The van der Waals surface area contributed by atoms with Crippen molar-refractivity contribution >= 4 is 17.2 Å². The van der Waals surface area contributed by atoms with Crippen molar-refractivity contribution in [3.05, 3.63) is 52.0 Å². The molecule has 0 aliphatic carbocycles. The zero-order valence-corrected chi connectivity index (χ0v) is 15.4. The first kappa shape index (κ1) is 18.6. The molecule has 4 nitrogen and oxygen atoms in total. The number of carbonyl (C=O) groups is 1. The van der Waals surface area contributed by atoms with Gasteiger partial charge in [0.05, 0.1) is 11.0 Å². The molecule has 1 heterocycles. The van der Waals surface area contributed by atoms with Crippen LogP contribution in [0.4, 0.5) is 0 Å². The molecule has 1 aromatic carbocycles. The highest BCUT2D eigenvalue weighted by Crippen LogP contribution is 2.27. The molecule has 2 N–H and O–H groups in total. The Hall–Kier alpha value is -1.72. The highest BCUT2D eigenvalue weighted by atomic mass is 32.1. The van der Waals surface area contributed by atoms with Gasteiger partial charge < -0.3 is 10.6 Å². The number of nitrogens with zero attached hydrogens (tertiary/aromatic N) is 2. The SMILES string of the molecule is CCCCN(C(=O)c1csc(CCN)n1)C(CC)c1ccccc1. The molecule has 0 spiro atoms. The van der Waals surface area contributed by atoms with Gasteiger partial charge in [0.25, 0.3) is 5.91 Å². The van der Waals surface area contributed by atoms with Crippen molar-refractivity contribution in [1.82, 2.24) is 9.88 Å². The van der Waals surface area contributed by atoms with E-state index in [-0.39, 0.29) is 11.9 Å². The van der Waals surface area contributed by atoms with Crippen molar-refractivity contribution in [2.24, 2.45) is 5.73 Å². The Bertz CT molecular complexity index is 627. The largest absolute Gasteiger partial charge is 0.330 e. The second kappa shape index (κ2) is 9.55. The molecule has 1 aromatic heterocycles. The fourth-order valence-corrected chi connectivity index (χ4v) is 3.62. The van der Waals surface area contributed by atoms with Crippen molar-refractivity contribution < 1.29 is 4.79 Å². The van der Waals surface area contributed by atoms with Gasteiger partial charge in [-0.05, 0) is 24.9 Å². The van der Waals surface area contributed by atoms with Crippen LogP contribution in [0.5, 0.6) is 0 Å². The molecule has 0 bridgehead atoms. The summed E-state index contributed by atoms with van der Waals surface area (Å²) in [6.07, 6.45) is 3.67. The number of thiazole rings is 1. The van der Waals surface area contributed by atoms with E-state index in [1.165, 1.54) is 16.9 Å². The lowest BCUT2D eigenvalue weighted by molar-refractivity contribution is 0.0661. The zero-order chi connectivity index (χ0) is 17.4. The van der Waals surface area contributed by atoms with E-state index in [1.54, 1.807) is 0 Å². The molecule has 0 fully saturated rings. The monoisotopic (exact) mass is 345 g/mol. The second-order valence-electron chi connectivity index (χ2n) is 5.85. The van der Waals surface area contributed by atoms with E-state index >= 15 is 0 Å². The van der Waals surface area contributed by atoms with Crippen LogP contribution in [-0.2, 0) is 6.42 Å². The molecule has 0 aliphatic heterocycles. The van der Waals surface area contributed by atoms with E-state index in [9.17, 15) is 4.79 Å². The predicted molar refractivity (Wildman–Crippen MR) is 100 cm³/mol. The van der Waals surface area contributed by atoms with Gasteiger partial charge in [0, 0.05) is 18.3 Å². The summed E-state index contributed by atoms with van der Waals surface area (Å²) in [7, 11) is 0. The Balaban J connectivity index is 2.26. The van der Waals surface area contributed by atoms with E-state index in [2.05, 4.69) is 31.0 Å². The molecule has 2 aromatic rings. The molecular formula is C19H27N3OS. The number of nitrogens with two attached hydrogens (primary N) is 1. The molecule has 130 valence electrons. The molecule has 0 saturated heterocycles. The number of benzene rings is 1. The minimum atomic E-state index is 0.0266. The van der Waals surface area contributed by atoms with Gasteiger partial charge in [-0.1, -0.05) is 50.6 Å². The third-order valence-electron chi connectivity index (χ3n) is 4.09. The summed E-state index contributed by atoms with van der Waals surface area (Å²) in [6, 6.07) is 10.4. The molecule has 0 radical (unpaired) electrons. The number of aromatic nitrogens is 1. The number of amides is 1. The standard InChI is InChI=1S/C19H27N3OS/c1-3-5-13-22(17(4-2)15-9-7-6-8-10-15)19(23)16-14-24-18(21-16)11-12-20/h6-10,14,17H,3-5,11-13,20H2,1-2H3. The maximum absolute atomic E-state index is 13.1. The van der Waals surface area contributed by atoms with Crippen LogP contribution in [0.3, 0.4) is 0 Å². The first-order chi connectivity index (χ1) is 11.7. The minimum Gasteiger partial charge on any atom is -0.330 e. The Morgan fingerprint density at radius 2 is 2.04 bits per heavy atom. The topological polar surface area (TPSA) is 59.2 Å². The lowest BCUT2D eigenvalue weighted by atomic mass is 10.0. The summed E-state index contributed by atoms with van der Waals surface area (Å²) in [6.45, 7) is 5.59. The molecule has 0 aliphatic rings. The minimum absolute atomic E-state index is 0.0266. The summed E-state index contributed by atoms with van der Waals surface area (Å²) in [5, 5.41) is 2.80. The summed E-state index contributed by atoms with van der Waals surface area (Å²) in [5.74, 6) is 0.0266. The van der Waals surface area contributed by atoms with Gasteiger partial charge in [-0.3, -0.25) is 4.79 Å². The molecule has 1 amide bonds. The summed E-state index contributed by atoms with van der Waals surface area (Å²) < 4.78 is 0. The lowest BCUT2D eigenvalue weighted by Crippen LogP contribution is -2.35. The summed E-state index contributed by atoms with van der Waals surface area (Å²) in [4.78, 5) is 19.6. The number of unbranched alkanes of at least 4 members (excludes halogenated alkanes) is 1. The smallest absolute Gasteiger partial charge is 0.273 e. The third-order valence-corrected chi connectivity index (χ3v) is 5.00. The number of carbonyl (C=O) groups excluding carboxylic acids is 1. The Morgan fingerprint density at radius 1 is 1.29 bits per heavy atom. The van der Waals surface area contributed by atoms with E-state index in [0.717, 1.165) is 37.2 Å². The average Bonchev–Trinajstić information content (AvgIpc) is 3.08. The van der Waals surface area contributed by atoms with Gasteiger partial charge in [0.2, 0.25) is 0 Å². The highest BCUT2D eigenvalue weighted by molar-refractivity contribution is 7.09. The molecule has 24 heavy (non-hydrogen) atoms. The first-order valence-corrected chi connectivity index (χ1v) is 9.59. The number of hydrogen-bond acceptors (Lipinski definition) is 4. The van der Waals surface area contributed by atoms with Crippen molar-refractivity contribution in [2.75, 3.05) is 13.1 Å². The Labute approximate surface area is 148 Å². The fraction of sp³-hybridized carbons (Fsp3) is 0.474. The third kappa shape index (κ3) is 4.65. The van der Waals surface area contributed by atoms with Crippen LogP contribution in [0.2, 0.25) is 0 Å². The molecule has 0 saturated carbocycles. The van der Waals surface area contributed by atoms with Crippen LogP contribution in [0.1, 0.15) is 60.2 Å². The normalized spacial score (nSPS) is 12.1. The van der Waals surface area contributed by atoms with E-state index < -0.39 is 0 Å². The van der Waals surface area contributed by atoms with Gasteiger partial charge in [-0.15, -0.1) is 11.3 Å². The first-order valence-electron chi connectivity index (χ1n) is 8.71. The quantitative estimate of drug-likeness (QED) is 0.746. The van der Waals surface area contributed by atoms with Gasteiger partial charge in [-0.2, -0.15) is 0 Å². The van der Waals surface area contributed by atoms with Crippen LogP contribution in [0, 0.1) is 0 Å². The molecular weight excluding hydrogens is 318 g/mol. The summed E-state index contributed by atoms with van der Waals surface area (Å²) in [5.41, 5.74) is 7.32. The van der Waals surface area contributed by atoms with Crippen LogP contribution in [0.25, 0.3) is 0 Å². The molecule has 1 atom stereocenters. The molecule has 5 heteroatoms. The zero-order valence-electron chi connectivity index (χ0n) is 14.6. The summed E-state index contributed by atoms with van der Waals surface area (Å²) >= 11 is 1.52. The maximum atomic E-state index is 13.1. The van der Waals surface area contributed by atoms with Gasteiger partial charge >= 0.3 is 0 Å². The van der Waals surface area contributed by atoms with Crippen LogP contribution in [0.15, 0.2) is 35.7 Å². The van der Waals surface area contributed by atoms with E-state index in [4.69, 9.17) is 5.73 Å². The van der Waals surface area contributed by atoms with Gasteiger partial charge in [0.15, 0.2) is 0 Å². The van der Waals surface area contributed by atoms with Crippen LogP contribution >= 0.6 is 11.3 Å². The average molecular weight is 346 g/mol.